The maximum atomic E-state index is 12.3. The van der Waals surface area contributed by atoms with Gasteiger partial charge in [-0.15, -0.1) is 0 Å². The number of methoxy groups -OCH3 is 1. The second-order valence-electron chi connectivity index (χ2n) is 6.27. The third kappa shape index (κ3) is 5.55. The molecule has 152 valence electrons. The number of halogens is 1. The number of rotatable bonds is 7. The van der Waals surface area contributed by atoms with Crippen molar-refractivity contribution in [1.29, 1.82) is 0 Å². The van der Waals surface area contributed by atoms with Gasteiger partial charge in [0.15, 0.2) is 12.4 Å². The number of ether oxygens (including phenoxy) is 2. The summed E-state index contributed by atoms with van der Waals surface area (Å²) in [5, 5.41) is 2.75. The predicted molar refractivity (Wildman–Crippen MR) is 116 cm³/mol. The third-order valence-corrected chi connectivity index (χ3v) is 4.74. The molecule has 1 amide bonds. The lowest BCUT2D eigenvalue weighted by atomic mass is 10.1. The summed E-state index contributed by atoms with van der Waals surface area (Å²) < 4.78 is 11.1. The third-order valence-electron chi connectivity index (χ3n) is 4.21. The smallest absolute Gasteiger partial charge is 0.338 e. The maximum Gasteiger partial charge on any atom is 0.338 e. The van der Waals surface area contributed by atoms with Crippen molar-refractivity contribution in [1.82, 2.24) is 0 Å². The Hall–Kier alpha value is -3.45. The molecule has 0 unspecified atom stereocenters. The number of carbonyl (C=O) groups is 3. The van der Waals surface area contributed by atoms with Crippen LogP contribution < -0.4 is 10.1 Å². The van der Waals surface area contributed by atoms with Crippen LogP contribution in [0.5, 0.6) is 5.75 Å². The summed E-state index contributed by atoms with van der Waals surface area (Å²) in [5.74, 6) is -0.632. The van der Waals surface area contributed by atoms with E-state index in [9.17, 15) is 14.4 Å². The van der Waals surface area contributed by atoms with Crippen LogP contribution in [0.4, 0.5) is 5.69 Å². The van der Waals surface area contributed by atoms with Gasteiger partial charge < -0.3 is 14.8 Å². The summed E-state index contributed by atoms with van der Waals surface area (Å²) in [6.45, 7) is -0.352. The van der Waals surface area contributed by atoms with E-state index in [2.05, 4.69) is 21.2 Å². The van der Waals surface area contributed by atoms with E-state index in [1.54, 1.807) is 60.7 Å². The molecule has 0 aliphatic heterocycles. The number of hydrogen-bond acceptors (Lipinski definition) is 5. The molecule has 7 heteroatoms. The van der Waals surface area contributed by atoms with Crippen LogP contribution in [0.2, 0.25) is 0 Å². The van der Waals surface area contributed by atoms with Gasteiger partial charge in [0.1, 0.15) is 5.75 Å². The summed E-state index contributed by atoms with van der Waals surface area (Å²) >= 11 is 3.30. The highest BCUT2D eigenvalue weighted by Crippen LogP contribution is 2.16. The molecule has 0 heterocycles. The fraction of sp³-hybridized carbons (Fsp3) is 0.0870. The van der Waals surface area contributed by atoms with Gasteiger partial charge in [-0.1, -0.05) is 34.1 Å². The fourth-order valence-electron chi connectivity index (χ4n) is 2.59. The van der Waals surface area contributed by atoms with Crippen molar-refractivity contribution in [3.05, 3.63) is 94.0 Å². The Bertz CT molecular complexity index is 1060. The fourth-order valence-corrected chi connectivity index (χ4v) is 2.86. The molecule has 0 aliphatic rings. The van der Waals surface area contributed by atoms with Crippen LogP contribution in [-0.2, 0) is 4.74 Å². The van der Waals surface area contributed by atoms with Gasteiger partial charge in [0.2, 0.25) is 0 Å². The topological polar surface area (TPSA) is 81.7 Å². The van der Waals surface area contributed by atoms with E-state index < -0.39 is 5.97 Å². The van der Waals surface area contributed by atoms with Crippen molar-refractivity contribution in [2.45, 2.75) is 0 Å². The number of anilines is 1. The Morgan fingerprint density at radius 1 is 0.867 bits per heavy atom. The minimum Gasteiger partial charge on any atom is -0.497 e. The van der Waals surface area contributed by atoms with Crippen molar-refractivity contribution in [2.24, 2.45) is 0 Å². The Morgan fingerprint density at radius 2 is 1.53 bits per heavy atom. The Kier molecular flexibility index (Phi) is 6.98. The van der Waals surface area contributed by atoms with Gasteiger partial charge in [-0.25, -0.2) is 4.79 Å². The molecule has 0 radical (unpaired) electrons. The summed E-state index contributed by atoms with van der Waals surface area (Å²) in [4.78, 5) is 36.6. The number of Topliss-reactive ketones (excluding diaryl/α,β-unsaturated/α-hetero) is 1. The van der Waals surface area contributed by atoms with Crippen LogP contribution in [0, 0.1) is 0 Å². The lowest BCUT2D eigenvalue weighted by Crippen LogP contribution is -2.15. The summed E-state index contributed by atoms with van der Waals surface area (Å²) in [6, 6.07) is 19.8. The second-order valence-corrected chi connectivity index (χ2v) is 7.19. The van der Waals surface area contributed by atoms with Gasteiger partial charge in [-0.2, -0.15) is 0 Å². The number of carbonyl (C=O) groups excluding carboxylic acids is 3. The van der Waals surface area contributed by atoms with E-state index in [1.165, 1.54) is 19.2 Å². The van der Waals surface area contributed by atoms with Gasteiger partial charge >= 0.3 is 5.97 Å². The molecule has 3 rings (SSSR count). The van der Waals surface area contributed by atoms with E-state index in [-0.39, 0.29) is 23.9 Å². The number of ketones is 1. The minimum atomic E-state index is -0.619. The number of hydrogen-bond donors (Lipinski definition) is 1. The quantitative estimate of drug-likeness (QED) is 0.400. The zero-order valence-corrected chi connectivity index (χ0v) is 17.6. The second kappa shape index (κ2) is 9.84. The van der Waals surface area contributed by atoms with E-state index >= 15 is 0 Å². The van der Waals surface area contributed by atoms with Gasteiger partial charge in [0.25, 0.3) is 5.91 Å². The highest BCUT2D eigenvalue weighted by Gasteiger charge is 2.13. The first-order valence-electron chi connectivity index (χ1n) is 8.97. The zero-order chi connectivity index (χ0) is 21.5. The van der Waals surface area contributed by atoms with Gasteiger partial charge in [-0.05, 0) is 54.6 Å². The van der Waals surface area contributed by atoms with Crippen LogP contribution >= 0.6 is 15.9 Å². The summed E-state index contributed by atoms with van der Waals surface area (Å²) in [6.07, 6.45) is 0. The van der Waals surface area contributed by atoms with E-state index in [1.807, 2.05) is 0 Å². The molecule has 0 spiro atoms. The number of benzene rings is 3. The lowest BCUT2D eigenvalue weighted by Gasteiger charge is -2.08. The summed E-state index contributed by atoms with van der Waals surface area (Å²) in [5.41, 5.74) is 1.70. The average molecular weight is 468 g/mol. The van der Waals surface area contributed by atoms with E-state index in [0.29, 0.717) is 22.6 Å². The standard InChI is InChI=1S/C23H18BrNO5/c1-29-20-4-2-3-17(13-20)22(27)25-19-11-7-16(8-12-19)23(28)30-14-21(26)15-5-9-18(24)10-6-15/h2-13H,14H2,1H3,(H,25,27). The van der Waals surface area contributed by atoms with Crippen LogP contribution in [0.15, 0.2) is 77.3 Å². The van der Waals surface area contributed by atoms with Crippen molar-refractivity contribution in [3.63, 3.8) is 0 Å². The molecule has 0 aliphatic carbocycles. The van der Waals surface area contributed by atoms with Gasteiger partial charge in [0.05, 0.1) is 12.7 Å². The van der Waals surface area contributed by atoms with Crippen molar-refractivity contribution < 1.29 is 23.9 Å². The van der Waals surface area contributed by atoms with Crippen LogP contribution in [0.25, 0.3) is 0 Å². The van der Waals surface area contributed by atoms with Gasteiger partial charge in [0, 0.05) is 21.3 Å². The number of esters is 1. The molecular weight excluding hydrogens is 450 g/mol. The van der Waals surface area contributed by atoms with E-state index in [0.717, 1.165) is 4.47 Å². The Morgan fingerprint density at radius 3 is 2.20 bits per heavy atom. The molecule has 0 saturated carbocycles. The molecule has 0 saturated heterocycles. The molecule has 3 aromatic rings. The number of nitrogens with one attached hydrogen (secondary N) is 1. The van der Waals surface area contributed by atoms with Crippen molar-refractivity contribution >= 4 is 39.3 Å². The Balaban J connectivity index is 1.56. The van der Waals surface area contributed by atoms with Crippen LogP contribution in [0.1, 0.15) is 31.1 Å². The molecule has 0 bridgehead atoms. The lowest BCUT2D eigenvalue weighted by molar-refractivity contribution is 0.0475. The van der Waals surface area contributed by atoms with Crippen LogP contribution in [-0.4, -0.2) is 31.4 Å². The largest absolute Gasteiger partial charge is 0.497 e. The average Bonchev–Trinajstić information content (AvgIpc) is 2.78. The molecule has 0 fully saturated rings. The molecule has 0 aromatic heterocycles. The minimum absolute atomic E-state index is 0.276. The molecule has 1 N–H and O–H groups in total. The SMILES string of the molecule is COc1cccc(C(=O)Nc2ccc(C(=O)OCC(=O)c3ccc(Br)cc3)cc2)c1. The monoisotopic (exact) mass is 467 g/mol. The number of amides is 1. The van der Waals surface area contributed by atoms with Crippen molar-refractivity contribution in [3.8, 4) is 5.75 Å². The normalized spacial score (nSPS) is 10.2. The first kappa shape index (κ1) is 21.3. The molecule has 0 atom stereocenters. The molecule has 3 aromatic carbocycles. The molecule has 30 heavy (non-hydrogen) atoms. The predicted octanol–water partition coefficient (Wildman–Crippen LogP) is 4.75. The van der Waals surface area contributed by atoms with Crippen LogP contribution in [0.3, 0.4) is 0 Å². The van der Waals surface area contributed by atoms with Gasteiger partial charge in [-0.3, -0.25) is 9.59 Å². The Labute approximate surface area is 181 Å². The van der Waals surface area contributed by atoms with E-state index in [4.69, 9.17) is 9.47 Å². The maximum absolute atomic E-state index is 12.3. The first-order valence-corrected chi connectivity index (χ1v) is 9.77. The summed E-state index contributed by atoms with van der Waals surface area (Å²) in [7, 11) is 1.53. The van der Waals surface area contributed by atoms with Crippen molar-refractivity contribution in [2.75, 3.05) is 19.0 Å². The molecular formula is C23H18BrNO5. The molecule has 6 nitrogen and oxygen atoms in total. The highest BCUT2D eigenvalue weighted by molar-refractivity contribution is 9.10. The zero-order valence-electron chi connectivity index (χ0n) is 16.1. The highest BCUT2D eigenvalue weighted by atomic mass is 79.9. The first-order chi connectivity index (χ1) is 14.5.